The molecule has 0 radical (unpaired) electrons. The van der Waals surface area contributed by atoms with Crippen LogP contribution in [0.1, 0.15) is 34.8 Å². The van der Waals surface area contributed by atoms with Crippen molar-refractivity contribution in [3.05, 3.63) is 59.4 Å². The van der Waals surface area contributed by atoms with E-state index in [1.54, 1.807) is 17.3 Å². The van der Waals surface area contributed by atoms with E-state index in [9.17, 15) is 9.59 Å². The van der Waals surface area contributed by atoms with E-state index in [1.807, 2.05) is 37.3 Å². The van der Waals surface area contributed by atoms with Crippen LogP contribution in [0.4, 0.5) is 5.69 Å². The molecule has 1 aromatic heterocycles. The molecule has 5 heteroatoms. The first-order valence-electron chi connectivity index (χ1n) is 7.80. The molecule has 0 unspecified atom stereocenters. The molecule has 0 aliphatic carbocycles. The fourth-order valence-electron chi connectivity index (χ4n) is 2.88. The molecule has 2 heterocycles. The van der Waals surface area contributed by atoms with Gasteiger partial charge in [0.25, 0.3) is 5.91 Å². The summed E-state index contributed by atoms with van der Waals surface area (Å²) in [5, 5.41) is 2.92. The van der Waals surface area contributed by atoms with Crippen molar-refractivity contribution in [3.63, 3.8) is 0 Å². The maximum absolute atomic E-state index is 12.5. The summed E-state index contributed by atoms with van der Waals surface area (Å²) in [6.45, 7) is 2.94. The largest absolute Gasteiger partial charge is 0.348 e. The Morgan fingerprint density at radius 2 is 2.13 bits per heavy atom. The van der Waals surface area contributed by atoms with E-state index in [-0.39, 0.29) is 11.8 Å². The number of nitrogens with zero attached hydrogens (tertiary/aromatic N) is 2. The molecule has 0 saturated carbocycles. The van der Waals surface area contributed by atoms with Crippen LogP contribution in [0.25, 0.3) is 0 Å². The molecule has 2 amide bonds. The van der Waals surface area contributed by atoms with Crippen LogP contribution in [0.15, 0.2) is 42.7 Å². The lowest BCUT2D eigenvalue weighted by Crippen LogP contribution is -2.27. The fraction of sp³-hybridized carbons (Fsp3) is 0.278. The Kier molecular flexibility index (Phi) is 4.37. The van der Waals surface area contributed by atoms with Gasteiger partial charge in [-0.3, -0.25) is 14.6 Å². The first-order valence-corrected chi connectivity index (χ1v) is 7.80. The van der Waals surface area contributed by atoms with Crippen molar-refractivity contribution >= 4 is 17.5 Å². The second-order valence-corrected chi connectivity index (χ2v) is 5.50. The van der Waals surface area contributed by atoms with Gasteiger partial charge in [-0.25, -0.2) is 0 Å². The van der Waals surface area contributed by atoms with Gasteiger partial charge in [0.1, 0.15) is 0 Å². The smallest absolute Gasteiger partial charge is 0.251 e. The number of amides is 2. The zero-order valence-corrected chi connectivity index (χ0v) is 13.1. The first-order chi connectivity index (χ1) is 11.2. The summed E-state index contributed by atoms with van der Waals surface area (Å²) >= 11 is 0. The number of anilines is 1. The van der Waals surface area contributed by atoms with Crippen LogP contribution in [0.2, 0.25) is 0 Å². The highest BCUT2D eigenvalue weighted by Gasteiger charge is 2.27. The number of carbonyl (C=O) groups excluding carboxylic acids is 2. The SMILES string of the molecule is CCC(=O)N1CCc2c(C(=O)NCc3cccnc3)cccc21. The summed E-state index contributed by atoms with van der Waals surface area (Å²) in [6, 6.07) is 9.32. The van der Waals surface area contributed by atoms with Crippen molar-refractivity contribution in [2.45, 2.75) is 26.3 Å². The standard InChI is InChI=1S/C18H19N3O2/c1-2-17(22)21-10-8-14-15(6-3-7-16(14)21)18(23)20-12-13-5-4-9-19-11-13/h3-7,9,11H,2,8,10,12H2,1H3,(H,20,23). The lowest BCUT2D eigenvalue weighted by molar-refractivity contribution is -0.118. The Labute approximate surface area is 135 Å². The molecule has 0 fully saturated rings. The predicted octanol–water partition coefficient (Wildman–Crippen LogP) is 2.31. The number of fused-ring (bicyclic) bond motifs is 1. The summed E-state index contributed by atoms with van der Waals surface area (Å²) in [5.41, 5.74) is 3.43. The number of nitrogens with one attached hydrogen (secondary N) is 1. The molecule has 0 atom stereocenters. The van der Waals surface area contributed by atoms with Gasteiger partial charge in [-0.1, -0.05) is 19.1 Å². The van der Waals surface area contributed by atoms with Gasteiger partial charge in [0, 0.05) is 43.2 Å². The topological polar surface area (TPSA) is 62.3 Å². The summed E-state index contributed by atoms with van der Waals surface area (Å²) in [4.78, 5) is 30.3. The van der Waals surface area contributed by atoms with Crippen molar-refractivity contribution in [3.8, 4) is 0 Å². The third-order valence-electron chi connectivity index (χ3n) is 4.05. The summed E-state index contributed by atoms with van der Waals surface area (Å²) in [6.07, 6.45) is 4.63. The monoisotopic (exact) mass is 309 g/mol. The van der Waals surface area contributed by atoms with Crippen molar-refractivity contribution in [2.75, 3.05) is 11.4 Å². The second kappa shape index (κ2) is 6.60. The minimum absolute atomic E-state index is 0.0941. The zero-order chi connectivity index (χ0) is 16.2. The van der Waals surface area contributed by atoms with Crippen LogP contribution >= 0.6 is 0 Å². The third-order valence-corrected chi connectivity index (χ3v) is 4.05. The molecule has 1 aliphatic rings. The second-order valence-electron chi connectivity index (χ2n) is 5.50. The molecule has 0 bridgehead atoms. The van der Waals surface area contributed by atoms with E-state index in [0.717, 1.165) is 23.2 Å². The Hall–Kier alpha value is -2.69. The van der Waals surface area contributed by atoms with Gasteiger partial charge in [-0.05, 0) is 35.7 Å². The Bertz CT molecular complexity index is 728. The molecule has 1 aromatic carbocycles. The van der Waals surface area contributed by atoms with Crippen molar-refractivity contribution in [1.82, 2.24) is 10.3 Å². The minimum atomic E-state index is -0.114. The van der Waals surface area contributed by atoms with E-state index >= 15 is 0 Å². The number of carbonyl (C=O) groups is 2. The molecule has 1 aliphatic heterocycles. The predicted molar refractivity (Wildman–Crippen MR) is 88.2 cm³/mol. The van der Waals surface area contributed by atoms with E-state index in [4.69, 9.17) is 0 Å². The van der Waals surface area contributed by atoms with Crippen LogP contribution in [0.3, 0.4) is 0 Å². The molecule has 1 N–H and O–H groups in total. The molecular weight excluding hydrogens is 290 g/mol. The first kappa shape index (κ1) is 15.2. The summed E-state index contributed by atoms with van der Waals surface area (Å²) < 4.78 is 0. The Morgan fingerprint density at radius 3 is 2.87 bits per heavy atom. The highest BCUT2D eigenvalue weighted by molar-refractivity contribution is 6.01. The van der Waals surface area contributed by atoms with Crippen molar-refractivity contribution in [1.29, 1.82) is 0 Å². The van der Waals surface area contributed by atoms with Crippen LogP contribution in [-0.2, 0) is 17.8 Å². The Balaban J connectivity index is 1.77. The Morgan fingerprint density at radius 1 is 1.26 bits per heavy atom. The van der Waals surface area contributed by atoms with Gasteiger partial charge in [-0.15, -0.1) is 0 Å². The number of rotatable bonds is 4. The molecule has 2 aromatic rings. The number of benzene rings is 1. The molecule has 0 spiro atoms. The van der Waals surface area contributed by atoms with Crippen LogP contribution in [-0.4, -0.2) is 23.3 Å². The summed E-state index contributed by atoms with van der Waals surface area (Å²) in [5.74, 6) is -0.0202. The van der Waals surface area contributed by atoms with Crippen LogP contribution in [0, 0.1) is 0 Å². The van der Waals surface area contributed by atoms with Gasteiger partial charge < -0.3 is 10.2 Å². The maximum Gasteiger partial charge on any atom is 0.251 e. The van der Waals surface area contributed by atoms with E-state index in [2.05, 4.69) is 10.3 Å². The fourth-order valence-corrected chi connectivity index (χ4v) is 2.88. The quantitative estimate of drug-likeness (QED) is 0.942. The van der Waals surface area contributed by atoms with Crippen molar-refractivity contribution in [2.24, 2.45) is 0 Å². The van der Waals surface area contributed by atoms with Gasteiger partial charge in [0.05, 0.1) is 0 Å². The average molecular weight is 309 g/mol. The highest BCUT2D eigenvalue weighted by Crippen LogP contribution is 2.31. The van der Waals surface area contributed by atoms with Gasteiger partial charge in [0.15, 0.2) is 0 Å². The zero-order valence-electron chi connectivity index (χ0n) is 13.1. The minimum Gasteiger partial charge on any atom is -0.348 e. The molecule has 118 valence electrons. The van der Waals surface area contributed by atoms with Crippen LogP contribution < -0.4 is 10.2 Å². The molecule has 3 rings (SSSR count). The number of aromatic nitrogens is 1. The van der Waals surface area contributed by atoms with Gasteiger partial charge in [-0.2, -0.15) is 0 Å². The normalized spacial score (nSPS) is 12.8. The molecule has 0 saturated heterocycles. The van der Waals surface area contributed by atoms with Gasteiger partial charge in [0.2, 0.25) is 5.91 Å². The lowest BCUT2D eigenvalue weighted by atomic mass is 10.0. The highest BCUT2D eigenvalue weighted by atomic mass is 16.2. The summed E-state index contributed by atoms with van der Waals surface area (Å²) in [7, 11) is 0. The van der Waals surface area contributed by atoms with Crippen LogP contribution in [0.5, 0.6) is 0 Å². The van der Waals surface area contributed by atoms with Crippen molar-refractivity contribution < 1.29 is 9.59 Å². The van der Waals surface area contributed by atoms with E-state index in [1.165, 1.54) is 0 Å². The molecular formula is C18H19N3O2. The average Bonchev–Trinajstić information content (AvgIpc) is 3.04. The number of hydrogen-bond acceptors (Lipinski definition) is 3. The number of hydrogen-bond donors (Lipinski definition) is 1. The molecule has 5 nitrogen and oxygen atoms in total. The lowest BCUT2D eigenvalue weighted by Gasteiger charge is -2.16. The van der Waals surface area contributed by atoms with E-state index in [0.29, 0.717) is 25.1 Å². The maximum atomic E-state index is 12.5. The number of pyridine rings is 1. The third kappa shape index (κ3) is 3.08. The van der Waals surface area contributed by atoms with E-state index < -0.39 is 0 Å². The van der Waals surface area contributed by atoms with Gasteiger partial charge >= 0.3 is 0 Å². The molecule has 23 heavy (non-hydrogen) atoms.